The monoisotopic (exact) mass is 234 g/mol. The largest absolute Gasteiger partial charge is 0.391 e. The summed E-state index contributed by atoms with van der Waals surface area (Å²) >= 11 is 1.34. The van der Waals surface area contributed by atoms with Crippen LogP contribution >= 0.6 is 11.3 Å². The molecule has 3 nitrogen and oxygen atoms in total. The molecule has 0 spiro atoms. The number of thiazole rings is 1. The topological polar surface area (TPSA) is 59.1 Å². The molecular weight excluding hydrogens is 220 g/mol. The molecule has 0 fully saturated rings. The number of benzene rings is 1. The molecular formula is C12H14N2OS. The first kappa shape index (κ1) is 11.1. The van der Waals surface area contributed by atoms with Crippen molar-refractivity contribution in [3.63, 3.8) is 0 Å². The molecule has 0 radical (unpaired) electrons. The summed E-state index contributed by atoms with van der Waals surface area (Å²) < 4.78 is 0. The number of aliphatic hydroxyl groups is 1. The summed E-state index contributed by atoms with van der Waals surface area (Å²) in [6, 6.07) is 6.14. The van der Waals surface area contributed by atoms with Crippen LogP contribution in [0.25, 0.3) is 11.3 Å². The van der Waals surface area contributed by atoms with Gasteiger partial charge in [0.1, 0.15) is 0 Å². The maximum atomic E-state index is 9.23. The Morgan fingerprint density at radius 3 is 2.69 bits per heavy atom. The molecule has 84 valence electrons. The van der Waals surface area contributed by atoms with Crippen molar-refractivity contribution in [2.45, 2.75) is 20.5 Å². The maximum absolute atomic E-state index is 9.23. The minimum Gasteiger partial charge on any atom is -0.391 e. The first-order valence-electron chi connectivity index (χ1n) is 5.05. The standard InChI is InChI=1S/C12H14N2OS/c1-7-3-4-9(5-8(7)2)11-10(6-15)16-12(13)14-11/h3-5,15H,6H2,1-2H3,(H2,13,14). The van der Waals surface area contributed by atoms with Gasteiger partial charge in [-0.15, -0.1) is 0 Å². The van der Waals surface area contributed by atoms with Gasteiger partial charge in [-0.25, -0.2) is 4.98 Å². The van der Waals surface area contributed by atoms with Crippen molar-refractivity contribution in [1.82, 2.24) is 4.98 Å². The molecule has 0 aliphatic rings. The van der Waals surface area contributed by atoms with E-state index < -0.39 is 0 Å². The number of nitrogens with two attached hydrogens (primary N) is 1. The number of aryl methyl sites for hydroxylation is 2. The molecule has 0 bridgehead atoms. The van der Waals surface area contributed by atoms with Crippen molar-refractivity contribution in [2.24, 2.45) is 0 Å². The van der Waals surface area contributed by atoms with Gasteiger partial charge in [-0.3, -0.25) is 0 Å². The number of hydrogen-bond acceptors (Lipinski definition) is 4. The van der Waals surface area contributed by atoms with E-state index in [1.54, 1.807) is 0 Å². The second kappa shape index (κ2) is 4.23. The van der Waals surface area contributed by atoms with E-state index in [0.717, 1.165) is 16.1 Å². The van der Waals surface area contributed by atoms with Crippen LogP contribution in [0.2, 0.25) is 0 Å². The highest BCUT2D eigenvalue weighted by Crippen LogP contribution is 2.30. The van der Waals surface area contributed by atoms with Crippen LogP contribution in [0.1, 0.15) is 16.0 Å². The highest BCUT2D eigenvalue weighted by molar-refractivity contribution is 7.15. The van der Waals surface area contributed by atoms with Crippen molar-refractivity contribution in [3.05, 3.63) is 34.2 Å². The number of nitrogens with zero attached hydrogens (tertiary/aromatic N) is 1. The number of nitrogen functional groups attached to an aromatic ring is 1. The summed E-state index contributed by atoms with van der Waals surface area (Å²) in [5, 5.41) is 9.73. The maximum Gasteiger partial charge on any atom is 0.180 e. The number of aromatic nitrogens is 1. The molecule has 2 rings (SSSR count). The van der Waals surface area contributed by atoms with E-state index in [-0.39, 0.29) is 6.61 Å². The van der Waals surface area contributed by atoms with E-state index in [1.165, 1.54) is 22.5 Å². The zero-order chi connectivity index (χ0) is 11.7. The predicted octanol–water partition coefficient (Wildman–Crippen LogP) is 2.50. The van der Waals surface area contributed by atoms with Crippen molar-refractivity contribution >= 4 is 16.5 Å². The van der Waals surface area contributed by atoms with E-state index in [0.29, 0.717) is 5.13 Å². The molecule has 1 heterocycles. The Labute approximate surface area is 98.6 Å². The zero-order valence-corrected chi connectivity index (χ0v) is 10.1. The van der Waals surface area contributed by atoms with Gasteiger partial charge in [-0.05, 0) is 31.0 Å². The molecule has 0 saturated heterocycles. The van der Waals surface area contributed by atoms with Gasteiger partial charge in [0.15, 0.2) is 5.13 Å². The smallest absolute Gasteiger partial charge is 0.180 e. The number of anilines is 1. The van der Waals surface area contributed by atoms with Crippen molar-refractivity contribution in [1.29, 1.82) is 0 Å². The molecule has 1 aromatic carbocycles. The molecule has 0 aliphatic heterocycles. The first-order chi connectivity index (χ1) is 7.61. The third-order valence-corrected chi connectivity index (χ3v) is 3.51. The molecule has 0 atom stereocenters. The summed E-state index contributed by atoms with van der Waals surface area (Å²) in [7, 11) is 0. The average Bonchev–Trinajstić information content (AvgIpc) is 2.63. The molecule has 0 saturated carbocycles. The van der Waals surface area contributed by atoms with Gasteiger partial charge < -0.3 is 10.8 Å². The average molecular weight is 234 g/mol. The Morgan fingerprint density at radius 2 is 2.06 bits per heavy atom. The highest BCUT2D eigenvalue weighted by Gasteiger charge is 2.11. The number of hydrogen-bond donors (Lipinski definition) is 2. The molecule has 3 N–H and O–H groups in total. The molecule has 0 amide bonds. The lowest BCUT2D eigenvalue weighted by Crippen LogP contribution is -1.88. The van der Waals surface area contributed by atoms with Gasteiger partial charge >= 0.3 is 0 Å². The zero-order valence-electron chi connectivity index (χ0n) is 9.32. The molecule has 0 aliphatic carbocycles. The Kier molecular flexibility index (Phi) is 2.94. The lowest BCUT2D eigenvalue weighted by atomic mass is 10.0. The van der Waals surface area contributed by atoms with Gasteiger partial charge in [0, 0.05) is 5.56 Å². The quantitative estimate of drug-likeness (QED) is 0.839. The van der Waals surface area contributed by atoms with Crippen LogP contribution in [-0.2, 0) is 6.61 Å². The number of aliphatic hydroxyl groups excluding tert-OH is 1. The van der Waals surface area contributed by atoms with Gasteiger partial charge in [0.25, 0.3) is 0 Å². The Bertz CT molecular complexity index is 520. The lowest BCUT2D eigenvalue weighted by molar-refractivity contribution is 0.286. The minimum absolute atomic E-state index is 0.0167. The third-order valence-electron chi connectivity index (χ3n) is 2.64. The number of rotatable bonds is 2. The van der Waals surface area contributed by atoms with Crippen LogP contribution < -0.4 is 5.73 Å². The fraction of sp³-hybridized carbons (Fsp3) is 0.250. The van der Waals surface area contributed by atoms with Crippen LogP contribution in [-0.4, -0.2) is 10.1 Å². The second-order valence-corrected chi connectivity index (χ2v) is 4.90. The predicted molar refractivity (Wildman–Crippen MR) is 67.4 cm³/mol. The van der Waals surface area contributed by atoms with Crippen LogP contribution in [0.5, 0.6) is 0 Å². The highest BCUT2D eigenvalue weighted by atomic mass is 32.1. The molecule has 0 unspecified atom stereocenters. The summed E-state index contributed by atoms with van der Waals surface area (Å²) in [6.07, 6.45) is 0. The van der Waals surface area contributed by atoms with Gasteiger partial charge in [-0.1, -0.05) is 23.5 Å². The normalized spacial score (nSPS) is 10.7. The van der Waals surface area contributed by atoms with Crippen molar-refractivity contribution in [2.75, 3.05) is 5.73 Å². The van der Waals surface area contributed by atoms with Crippen LogP contribution in [0, 0.1) is 13.8 Å². The summed E-state index contributed by atoms with van der Waals surface area (Å²) in [4.78, 5) is 5.08. The summed E-state index contributed by atoms with van der Waals surface area (Å²) in [6.45, 7) is 4.12. The van der Waals surface area contributed by atoms with Crippen LogP contribution in [0.15, 0.2) is 18.2 Å². The molecule has 4 heteroatoms. The Morgan fingerprint density at radius 1 is 1.31 bits per heavy atom. The van der Waals surface area contributed by atoms with E-state index in [9.17, 15) is 5.11 Å². The Hall–Kier alpha value is -1.39. The van der Waals surface area contributed by atoms with Crippen LogP contribution in [0.4, 0.5) is 5.13 Å². The second-order valence-electron chi connectivity index (χ2n) is 3.78. The summed E-state index contributed by atoms with van der Waals surface area (Å²) in [5.41, 5.74) is 9.93. The van der Waals surface area contributed by atoms with E-state index in [1.807, 2.05) is 6.07 Å². The minimum atomic E-state index is -0.0167. The molecule has 16 heavy (non-hydrogen) atoms. The van der Waals surface area contributed by atoms with Crippen molar-refractivity contribution < 1.29 is 5.11 Å². The van der Waals surface area contributed by atoms with E-state index in [2.05, 4.69) is 31.0 Å². The van der Waals surface area contributed by atoms with Crippen molar-refractivity contribution in [3.8, 4) is 11.3 Å². The third kappa shape index (κ3) is 1.94. The van der Waals surface area contributed by atoms with Gasteiger partial charge in [0.05, 0.1) is 17.2 Å². The van der Waals surface area contributed by atoms with Gasteiger partial charge in [-0.2, -0.15) is 0 Å². The summed E-state index contributed by atoms with van der Waals surface area (Å²) in [5.74, 6) is 0. The van der Waals surface area contributed by atoms with Gasteiger partial charge in [0.2, 0.25) is 0 Å². The van der Waals surface area contributed by atoms with E-state index in [4.69, 9.17) is 5.73 Å². The SMILES string of the molecule is Cc1ccc(-c2nc(N)sc2CO)cc1C. The van der Waals surface area contributed by atoms with Crippen LogP contribution in [0.3, 0.4) is 0 Å². The molecule has 2 aromatic rings. The fourth-order valence-electron chi connectivity index (χ4n) is 1.59. The lowest BCUT2D eigenvalue weighted by Gasteiger charge is -2.04. The fourth-order valence-corrected chi connectivity index (χ4v) is 2.31. The van der Waals surface area contributed by atoms with E-state index >= 15 is 0 Å². The first-order valence-corrected chi connectivity index (χ1v) is 5.87. The molecule has 1 aromatic heterocycles. The Balaban J connectivity index is 2.53.